The molecule has 2 fully saturated rings. The number of carboxylic acid groups (broad SMARTS) is 2. The van der Waals surface area contributed by atoms with Gasteiger partial charge in [0.15, 0.2) is 0 Å². The van der Waals surface area contributed by atoms with Crippen molar-refractivity contribution in [3.63, 3.8) is 0 Å². The van der Waals surface area contributed by atoms with Crippen LogP contribution in [-0.4, -0.2) is 22.2 Å². The van der Waals surface area contributed by atoms with Crippen molar-refractivity contribution in [1.29, 1.82) is 0 Å². The fourth-order valence-corrected chi connectivity index (χ4v) is 3.83. The first kappa shape index (κ1) is 13.4. The normalized spacial score (nSPS) is 34.1. The highest BCUT2D eigenvalue weighted by Crippen LogP contribution is 2.49. The number of carbonyl (C=O) groups is 2. The lowest BCUT2D eigenvalue weighted by atomic mass is 9.60. The van der Waals surface area contributed by atoms with Gasteiger partial charge < -0.3 is 10.2 Å². The van der Waals surface area contributed by atoms with Crippen molar-refractivity contribution in [2.75, 3.05) is 0 Å². The van der Waals surface area contributed by atoms with Crippen LogP contribution in [0.5, 0.6) is 0 Å². The Morgan fingerprint density at radius 3 is 1.89 bits per heavy atom. The van der Waals surface area contributed by atoms with E-state index in [0.29, 0.717) is 25.7 Å². The van der Waals surface area contributed by atoms with Crippen LogP contribution in [-0.2, 0) is 9.59 Å². The van der Waals surface area contributed by atoms with Crippen molar-refractivity contribution in [3.8, 4) is 0 Å². The molecule has 0 radical (unpaired) electrons. The molecule has 2 saturated carbocycles. The van der Waals surface area contributed by atoms with Gasteiger partial charge in [0.1, 0.15) is 0 Å². The fraction of sp³-hybridized carbons (Fsp3) is 0.857. The average Bonchev–Trinajstić information content (AvgIpc) is 2.39. The lowest BCUT2D eigenvalue weighted by Crippen LogP contribution is -2.43. The molecule has 0 heterocycles. The predicted molar refractivity (Wildman–Crippen MR) is 66.2 cm³/mol. The second-order valence-electron chi connectivity index (χ2n) is 5.91. The van der Waals surface area contributed by atoms with E-state index in [1.54, 1.807) is 0 Å². The lowest BCUT2D eigenvalue weighted by molar-refractivity contribution is -0.160. The van der Waals surface area contributed by atoms with Crippen LogP contribution in [0.3, 0.4) is 0 Å². The Morgan fingerprint density at radius 1 is 0.889 bits per heavy atom. The summed E-state index contributed by atoms with van der Waals surface area (Å²) in [7, 11) is 0. The SMILES string of the molecule is O=C(O)C1CCC(C(=O)O)(C2CCCCC2)CC1. The number of hydrogen-bond donors (Lipinski definition) is 2. The second-order valence-corrected chi connectivity index (χ2v) is 5.91. The monoisotopic (exact) mass is 254 g/mol. The lowest BCUT2D eigenvalue weighted by Gasteiger charge is -2.43. The standard InChI is InChI=1S/C14H22O4/c15-12(16)10-6-8-14(9-7-10,13(17)18)11-4-2-1-3-5-11/h10-11H,1-9H2,(H,15,16)(H,17,18). The first-order chi connectivity index (χ1) is 8.56. The van der Waals surface area contributed by atoms with Crippen LogP contribution in [0, 0.1) is 17.3 Å². The smallest absolute Gasteiger partial charge is 0.309 e. The van der Waals surface area contributed by atoms with Gasteiger partial charge in [0.05, 0.1) is 11.3 Å². The minimum Gasteiger partial charge on any atom is -0.481 e. The highest BCUT2D eigenvalue weighted by Gasteiger charge is 2.48. The van der Waals surface area contributed by atoms with Gasteiger partial charge in [-0.1, -0.05) is 19.3 Å². The number of carboxylic acids is 2. The molecule has 0 aromatic rings. The van der Waals surface area contributed by atoms with E-state index in [9.17, 15) is 14.7 Å². The van der Waals surface area contributed by atoms with Crippen molar-refractivity contribution < 1.29 is 19.8 Å². The number of aliphatic carboxylic acids is 2. The maximum absolute atomic E-state index is 11.7. The zero-order chi connectivity index (χ0) is 13.2. The van der Waals surface area contributed by atoms with Crippen LogP contribution >= 0.6 is 0 Å². The van der Waals surface area contributed by atoms with Crippen molar-refractivity contribution in [2.45, 2.75) is 57.8 Å². The molecule has 2 aliphatic rings. The Bertz CT molecular complexity index is 323. The maximum Gasteiger partial charge on any atom is 0.309 e. The fourth-order valence-electron chi connectivity index (χ4n) is 3.83. The van der Waals surface area contributed by atoms with Crippen LogP contribution in [0.15, 0.2) is 0 Å². The average molecular weight is 254 g/mol. The quantitative estimate of drug-likeness (QED) is 0.812. The number of hydrogen-bond acceptors (Lipinski definition) is 2. The van der Waals surface area contributed by atoms with Crippen molar-refractivity contribution >= 4 is 11.9 Å². The molecule has 0 saturated heterocycles. The highest BCUT2D eigenvalue weighted by molar-refractivity contribution is 5.76. The summed E-state index contributed by atoms with van der Waals surface area (Å²) in [5, 5.41) is 18.6. The molecular formula is C14H22O4. The van der Waals surface area contributed by atoms with Gasteiger partial charge in [-0.25, -0.2) is 0 Å². The van der Waals surface area contributed by atoms with Gasteiger partial charge in [-0.2, -0.15) is 0 Å². The molecule has 0 bridgehead atoms. The third kappa shape index (κ3) is 2.38. The molecular weight excluding hydrogens is 232 g/mol. The summed E-state index contributed by atoms with van der Waals surface area (Å²) in [5.74, 6) is -1.53. The third-order valence-electron chi connectivity index (χ3n) is 5.04. The van der Waals surface area contributed by atoms with E-state index in [-0.39, 0.29) is 11.8 Å². The highest BCUT2D eigenvalue weighted by atomic mass is 16.4. The minimum atomic E-state index is -0.766. The van der Waals surface area contributed by atoms with Crippen molar-refractivity contribution in [1.82, 2.24) is 0 Å². The minimum absolute atomic E-state index is 0.262. The van der Waals surface area contributed by atoms with Gasteiger partial charge in [-0.3, -0.25) is 9.59 Å². The largest absolute Gasteiger partial charge is 0.481 e. The van der Waals surface area contributed by atoms with Crippen molar-refractivity contribution in [3.05, 3.63) is 0 Å². The Kier molecular flexibility index (Phi) is 3.93. The molecule has 4 heteroatoms. The summed E-state index contributed by atoms with van der Waals surface area (Å²) in [6.07, 6.45) is 7.62. The zero-order valence-electron chi connectivity index (χ0n) is 10.7. The zero-order valence-corrected chi connectivity index (χ0v) is 10.7. The molecule has 2 N–H and O–H groups in total. The molecule has 0 spiro atoms. The molecule has 0 amide bonds. The van der Waals surface area contributed by atoms with E-state index in [1.165, 1.54) is 6.42 Å². The summed E-state index contributed by atoms with van der Waals surface area (Å²) in [6, 6.07) is 0. The van der Waals surface area contributed by atoms with Gasteiger partial charge in [0.25, 0.3) is 0 Å². The first-order valence-electron chi connectivity index (χ1n) is 7.02. The van der Waals surface area contributed by atoms with Gasteiger partial charge in [-0.05, 0) is 44.4 Å². The van der Waals surface area contributed by atoms with E-state index < -0.39 is 17.4 Å². The van der Waals surface area contributed by atoms with Crippen LogP contribution < -0.4 is 0 Å². The van der Waals surface area contributed by atoms with Crippen molar-refractivity contribution in [2.24, 2.45) is 17.3 Å². The summed E-state index contributed by atoms with van der Waals surface area (Å²) < 4.78 is 0. The molecule has 0 aromatic carbocycles. The predicted octanol–water partition coefficient (Wildman–Crippen LogP) is 2.91. The van der Waals surface area contributed by atoms with Crippen LogP contribution in [0.25, 0.3) is 0 Å². The molecule has 4 nitrogen and oxygen atoms in total. The summed E-state index contributed by atoms with van der Waals surface area (Å²) >= 11 is 0. The molecule has 0 aliphatic heterocycles. The van der Waals surface area contributed by atoms with E-state index in [4.69, 9.17) is 5.11 Å². The Hall–Kier alpha value is -1.06. The summed E-state index contributed by atoms with van der Waals surface area (Å²) in [5.41, 5.74) is -0.633. The van der Waals surface area contributed by atoms with Gasteiger partial charge in [0.2, 0.25) is 0 Å². The Labute approximate surface area is 107 Å². The molecule has 2 aliphatic carbocycles. The van der Waals surface area contributed by atoms with E-state index in [0.717, 1.165) is 25.7 Å². The molecule has 0 atom stereocenters. The summed E-state index contributed by atoms with van der Waals surface area (Å²) in [6.45, 7) is 0. The van der Waals surface area contributed by atoms with E-state index in [2.05, 4.69) is 0 Å². The van der Waals surface area contributed by atoms with Gasteiger partial charge in [-0.15, -0.1) is 0 Å². The van der Waals surface area contributed by atoms with Gasteiger partial charge in [0, 0.05) is 0 Å². The van der Waals surface area contributed by atoms with Crippen LogP contribution in [0.2, 0.25) is 0 Å². The van der Waals surface area contributed by atoms with Gasteiger partial charge >= 0.3 is 11.9 Å². The van der Waals surface area contributed by atoms with Crippen LogP contribution in [0.1, 0.15) is 57.8 Å². The third-order valence-corrected chi connectivity index (χ3v) is 5.04. The van der Waals surface area contributed by atoms with Crippen LogP contribution in [0.4, 0.5) is 0 Å². The molecule has 0 unspecified atom stereocenters. The Balaban J connectivity index is 2.09. The number of rotatable bonds is 3. The Morgan fingerprint density at radius 2 is 1.44 bits per heavy atom. The first-order valence-corrected chi connectivity index (χ1v) is 7.02. The van der Waals surface area contributed by atoms with E-state index in [1.807, 2.05) is 0 Å². The molecule has 0 aromatic heterocycles. The molecule has 18 heavy (non-hydrogen) atoms. The summed E-state index contributed by atoms with van der Waals surface area (Å²) in [4.78, 5) is 22.7. The van der Waals surface area contributed by atoms with E-state index >= 15 is 0 Å². The molecule has 102 valence electrons. The maximum atomic E-state index is 11.7. The topological polar surface area (TPSA) is 74.6 Å². The molecule has 2 rings (SSSR count). The second kappa shape index (κ2) is 5.29.